The maximum atomic E-state index is 11.2. The summed E-state index contributed by atoms with van der Waals surface area (Å²) in [5.41, 5.74) is 1.73. The van der Waals surface area contributed by atoms with Crippen molar-refractivity contribution in [1.82, 2.24) is 0 Å². The minimum Gasteiger partial charge on any atom is -0.325 e. The highest BCUT2D eigenvalue weighted by Crippen LogP contribution is 2.30. The first-order valence-corrected chi connectivity index (χ1v) is 3.73. The number of benzene rings is 1. The Balaban J connectivity index is 2.54. The van der Waals surface area contributed by atoms with Gasteiger partial charge in [-0.3, -0.25) is 4.79 Å². The monoisotopic (exact) mass is 160 g/mol. The molecule has 1 unspecified atom stereocenters. The van der Waals surface area contributed by atoms with E-state index in [1.165, 1.54) is 6.21 Å². The van der Waals surface area contributed by atoms with Crippen LogP contribution >= 0.6 is 0 Å². The summed E-state index contributed by atoms with van der Waals surface area (Å²) in [6, 6.07) is 7.45. The molecule has 1 aromatic rings. The predicted octanol–water partition coefficient (Wildman–Crippen LogP) is 1.37. The molecule has 0 spiro atoms. The van der Waals surface area contributed by atoms with Crippen molar-refractivity contribution in [3.63, 3.8) is 0 Å². The summed E-state index contributed by atoms with van der Waals surface area (Å²) in [6.45, 7) is 0. The number of fused-ring (bicyclic) bond motifs is 1. The standard InChI is InChI=1S/C9H8N2O/c10-5-7-6-3-1-2-4-8(6)11-9(7)12/h1-5,7,10H,(H,11,12). The third-order valence-electron chi connectivity index (χ3n) is 2.00. The summed E-state index contributed by atoms with van der Waals surface area (Å²) in [5, 5.41) is 9.78. The van der Waals surface area contributed by atoms with Gasteiger partial charge in [-0.2, -0.15) is 0 Å². The number of anilines is 1. The molecule has 3 heteroatoms. The van der Waals surface area contributed by atoms with Crippen molar-refractivity contribution in [3.8, 4) is 0 Å². The van der Waals surface area contributed by atoms with Crippen LogP contribution in [0.15, 0.2) is 24.3 Å². The molecule has 2 rings (SSSR count). The minimum absolute atomic E-state index is 0.105. The van der Waals surface area contributed by atoms with Gasteiger partial charge in [-0.15, -0.1) is 0 Å². The van der Waals surface area contributed by atoms with E-state index in [1.54, 1.807) is 0 Å². The summed E-state index contributed by atoms with van der Waals surface area (Å²) < 4.78 is 0. The van der Waals surface area contributed by atoms with Gasteiger partial charge in [-0.25, -0.2) is 0 Å². The fourth-order valence-electron chi connectivity index (χ4n) is 1.40. The van der Waals surface area contributed by atoms with Crippen molar-refractivity contribution in [1.29, 1.82) is 5.41 Å². The lowest BCUT2D eigenvalue weighted by Gasteiger charge is -1.98. The Hall–Kier alpha value is -1.64. The van der Waals surface area contributed by atoms with Crippen LogP contribution in [0.4, 0.5) is 5.69 Å². The zero-order valence-electron chi connectivity index (χ0n) is 6.37. The second kappa shape index (κ2) is 2.44. The molecule has 0 saturated carbocycles. The highest BCUT2D eigenvalue weighted by atomic mass is 16.2. The zero-order chi connectivity index (χ0) is 8.55. The number of nitrogens with one attached hydrogen (secondary N) is 2. The average molecular weight is 160 g/mol. The molecule has 60 valence electrons. The van der Waals surface area contributed by atoms with Crippen molar-refractivity contribution in [2.24, 2.45) is 0 Å². The third kappa shape index (κ3) is 0.830. The number of rotatable bonds is 1. The first-order valence-electron chi connectivity index (χ1n) is 3.73. The Morgan fingerprint density at radius 3 is 2.92 bits per heavy atom. The Kier molecular flexibility index (Phi) is 1.43. The summed E-state index contributed by atoms with van der Waals surface area (Å²) in [4.78, 5) is 11.2. The molecule has 3 nitrogen and oxygen atoms in total. The fourth-order valence-corrected chi connectivity index (χ4v) is 1.40. The van der Waals surface area contributed by atoms with Gasteiger partial charge in [0.05, 0.1) is 5.92 Å². The van der Waals surface area contributed by atoms with E-state index < -0.39 is 0 Å². The molecule has 1 aliphatic rings. The fraction of sp³-hybridized carbons (Fsp3) is 0.111. The third-order valence-corrected chi connectivity index (χ3v) is 2.00. The lowest BCUT2D eigenvalue weighted by Crippen LogP contribution is -2.12. The SMILES string of the molecule is N=CC1C(=O)Nc2ccccc21. The molecule has 12 heavy (non-hydrogen) atoms. The Labute approximate surface area is 69.9 Å². The van der Waals surface area contributed by atoms with Gasteiger partial charge in [0.1, 0.15) is 0 Å². The van der Waals surface area contributed by atoms with Gasteiger partial charge in [0.15, 0.2) is 0 Å². The van der Waals surface area contributed by atoms with Crippen LogP contribution in [0.5, 0.6) is 0 Å². The molecule has 0 aliphatic carbocycles. The number of para-hydroxylation sites is 1. The van der Waals surface area contributed by atoms with E-state index in [-0.39, 0.29) is 11.8 Å². The van der Waals surface area contributed by atoms with Crippen LogP contribution in [-0.2, 0) is 4.79 Å². The lowest BCUT2D eigenvalue weighted by atomic mass is 10.0. The molecule has 1 amide bonds. The van der Waals surface area contributed by atoms with Crippen molar-refractivity contribution >= 4 is 17.8 Å². The molecule has 2 N–H and O–H groups in total. The molecular formula is C9H8N2O. The summed E-state index contributed by atoms with van der Waals surface area (Å²) in [7, 11) is 0. The van der Waals surface area contributed by atoms with Crippen molar-refractivity contribution in [2.45, 2.75) is 5.92 Å². The van der Waals surface area contributed by atoms with Crippen LogP contribution in [0.3, 0.4) is 0 Å². The Bertz CT molecular complexity index is 346. The predicted molar refractivity (Wildman–Crippen MR) is 46.6 cm³/mol. The van der Waals surface area contributed by atoms with Crippen molar-refractivity contribution in [2.75, 3.05) is 5.32 Å². The largest absolute Gasteiger partial charge is 0.325 e. The summed E-state index contributed by atoms with van der Waals surface area (Å²) >= 11 is 0. The molecule has 0 aromatic heterocycles. The van der Waals surface area contributed by atoms with Crippen LogP contribution < -0.4 is 5.32 Å². The van der Waals surface area contributed by atoms with E-state index in [9.17, 15) is 4.79 Å². The molecule has 0 radical (unpaired) electrons. The van der Waals surface area contributed by atoms with Crippen molar-refractivity contribution in [3.05, 3.63) is 29.8 Å². The zero-order valence-corrected chi connectivity index (χ0v) is 6.37. The molecule has 1 aromatic carbocycles. The molecule has 0 bridgehead atoms. The number of hydrogen-bond donors (Lipinski definition) is 2. The van der Waals surface area contributed by atoms with E-state index >= 15 is 0 Å². The Morgan fingerprint density at radius 2 is 2.17 bits per heavy atom. The van der Waals surface area contributed by atoms with Crippen LogP contribution in [0.2, 0.25) is 0 Å². The number of amides is 1. The van der Waals surface area contributed by atoms with Crippen LogP contribution in [0.1, 0.15) is 11.5 Å². The molecule has 1 heterocycles. The normalized spacial score (nSPS) is 20.0. The smallest absolute Gasteiger partial charge is 0.237 e. The molecule has 0 saturated heterocycles. The highest BCUT2D eigenvalue weighted by Gasteiger charge is 2.27. The summed E-state index contributed by atoms with van der Waals surface area (Å²) in [6.07, 6.45) is 1.17. The highest BCUT2D eigenvalue weighted by molar-refractivity contribution is 6.11. The van der Waals surface area contributed by atoms with Gasteiger partial charge in [0.25, 0.3) is 0 Å². The number of carbonyl (C=O) groups excluding carboxylic acids is 1. The second-order valence-corrected chi connectivity index (χ2v) is 2.72. The lowest BCUT2D eigenvalue weighted by molar-refractivity contribution is -0.115. The minimum atomic E-state index is -0.388. The summed E-state index contributed by atoms with van der Waals surface area (Å²) in [5.74, 6) is -0.493. The van der Waals surface area contributed by atoms with Gasteiger partial charge < -0.3 is 10.7 Å². The topological polar surface area (TPSA) is 53.0 Å². The van der Waals surface area contributed by atoms with E-state index in [0.717, 1.165) is 11.3 Å². The van der Waals surface area contributed by atoms with E-state index in [0.29, 0.717) is 0 Å². The maximum Gasteiger partial charge on any atom is 0.237 e. The van der Waals surface area contributed by atoms with Crippen LogP contribution in [-0.4, -0.2) is 12.1 Å². The van der Waals surface area contributed by atoms with E-state index in [2.05, 4.69) is 5.32 Å². The van der Waals surface area contributed by atoms with Crippen LogP contribution in [0, 0.1) is 5.41 Å². The van der Waals surface area contributed by atoms with Gasteiger partial charge >= 0.3 is 0 Å². The van der Waals surface area contributed by atoms with Crippen molar-refractivity contribution < 1.29 is 4.79 Å². The van der Waals surface area contributed by atoms with Gasteiger partial charge in [0.2, 0.25) is 5.91 Å². The quantitative estimate of drug-likeness (QED) is 0.599. The molecule has 1 aliphatic heterocycles. The van der Waals surface area contributed by atoms with Gasteiger partial charge in [-0.1, -0.05) is 18.2 Å². The average Bonchev–Trinajstić information content (AvgIpc) is 2.40. The number of hydrogen-bond acceptors (Lipinski definition) is 2. The van der Waals surface area contributed by atoms with Gasteiger partial charge in [0, 0.05) is 11.9 Å². The first-order chi connectivity index (χ1) is 5.83. The molecule has 0 fully saturated rings. The van der Waals surface area contributed by atoms with Crippen LogP contribution in [0.25, 0.3) is 0 Å². The van der Waals surface area contributed by atoms with Gasteiger partial charge in [-0.05, 0) is 11.6 Å². The first kappa shape index (κ1) is 7.03. The molecule has 1 atom stereocenters. The Morgan fingerprint density at radius 1 is 1.42 bits per heavy atom. The van der Waals surface area contributed by atoms with E-state index in [1.807, 2.05) is 24.3 Å². The second-order valence-electron chi connectivity index (χ2n) is 2.72. The number of carbonyl (C=O) groups is 1. The van der Waals surface area contributed by atoms with E-state index in [4.69, 9.17) is 5.41 Å². The maximum absolute atomic E-state index is 11.2. The molecular weight excluding hydrogens is 152 g/mol.